The highest BCUT2D eigenvalue weighted by Gasteiger charge is 2.33. The Bertz CT molecular complexity index is 1200. The molecule has 3 aliphatic rings. The molecule has 0 unspecified atom stereocenters. The van der Waals surface area contributed by atoms with Crippen LogP contribution in [0.5, 0.6) is 11.5 Å². The maximum Gasteiger partial charge on any atom is 0.283 e. The Labute approximate surface area is 209 Å². The topological polar surface area (TPSA) is 71.4 Å². The van der Waals surface area contributed by atoms with E-state index in [0.29, 0.717) is 34.2 Å². The highest BCUT2D eigenvalue weighted by atomic mass is 32.2. The molecule has 5 rings (SSSR count). The molecule has 2 atom stereocenters. The van der Waals surface area contributed by atoms with Gasteiger partial charge in [-0.1, -0.05) is 49.4 Å². The van der Waals surface area contributed by atoms with E-state index in [1.807, 2.05) is 54.3 Å². The lowest BCUT2D eigenvalue weighted by molar-refractivity contribution is -0.131. The Morgan fingerprint density at radius 2 is 1.80 bits per heavy atom. The number of ether oxygens (including phenoxy) is 2. The van der Waals surface area contributed by atoms with Gasteiger partial charge in [0.05, 0.1) is 11.4 Å². The van der Waals surface area contributed by atoms with Crippen LogP contribution in [0.4, 0.5) is 5.69 Å². The maximum atomic E-state index is 13.5. The standard InChI is InChI=1S/C27H29N3O4S/c1-17-4-7-21(8-5-17)30-26(32)22(11-20-6-9-23-24(12-20)34-16-33-23)28-27(30)35-15-25(31)29-13-18(2)10-19(3)14-29/h4-9,11-12,18-19H,10,13-16H2,1-3H3/b22-11-/t18-,19+. The second-order valence-corrected chi connectivity index (χ2v) is 10.5. The van der Waals surface area contributed by atoms with Crippen molar-refractivity contribution in [3.8, 4) is 11.5 Å². The molecule has 1 saturated heterocycles. The second-order valence-electron chi connectivity index (χ2n) is 9.55. The molecule has 1 fully saturated rings. The Hall–Kier alpha value is -3.26. The summed E-state index contributed by atoms with van der Waals surface area (Å²) < 4.78 is 10.8. The van der Waals surface area contributed by atoms with E-state index in [1.54, 1.807) is 11.0 Å². The molecule has 0 saturated carbocycles. The largest absolute Gasteiger partial charge is 0.454 e. The van der Waals surface area contributed by atoms with E-state index in [4.69, 9.17) is 9.47 Å². The summed E-state index contributed by atoms with van der Waals surface area (Å²) in [6, 6.07) is 13.3. The highest BCUT2D eigenvalue weighted by molar-refractivity contribution is 8.14. The predicted molar refractivity (Wildman–Crippen MR) is 139 cm³/mol. The van der Waals surface area contributed by atoms with Crippen LogP contribution < -0.4 is 14.4 Å². The number of carbonyl (C=O) groups is 2. The summed E-state index contributed by atoms with van der Waals surface area (Å²) in [5.41, 5.74) is 2.95. The summed E-state index contributed by atoms with van der Waals surface area (Å²) >= 11 is 1.31. The van der Waals surface area contributed by atoms with Crippen LogP contribution in [0.25, 0.3) is 6.08 Å². The van der Waals surface area contributed by atoms with Crippen LogP contribution in [0, 0.1) is 18.8 Å². The molecule has 3 heterocycles. The molecule has 2 aromatic carbocycles. The smallest absolute Gasteiger partial charge is 0.283 e. The molecule has 0 aliphatic carbocycles. The summed E-state index contributed by atoms with van der Waals surface area (Å²) in [6.45, 7) is 8.14. The molecule has 182 valence electrons. The van der Waals surface area contributed by atoms with Gasteiger partial charge in [-0.05, 0) is 61.1 Å². The molecule has 2 aromatic rings. The minimum Gasteiger partial charge on any atom is -0.454 e. The molecule has 0 aromatic heterocycles. The number of carbonyl (C=O) groups excluding carboxylic acids is 2. The lowest BCUT2D eigenvalue weighted by Crippen LogP contribution is -2.43. The number of hydrogen-bond donors (Lipinski definition) is 0. The number of amides is 2. The van der Waals surface area contributed by atoms with E-state index >= 15 is 0 Å². The number of nitrogens with zero attached hydrogens (tertiary/aromatic N) is 3. The molecule has 8 heteroatoms. The van der Waals surface area contributed by atoms with Crippen molar-refractivity contribution in [2.24, 2.45) is 16.8 Å². The number of hydrogen-bond acceptors (Lipinski definition) is 6. The number of amidine groups is 1. The number of rotatable bonds is 4. The molecule has 35 heavy (non-hydrogen) atoms. The SMILES string of the molecule is Cc1ccc(N2C(=O)/C(=C/c3ccc4c(c3)OCO4)N=C2SCC(=O)N2C[C@H](C)C[C@H](C)C2)cc1. The summed E-state index contributed by atoms with van der Waals surface area (Å²) in [6.07, 6.45) is 2.89. The van der Waals surface area contributed by atoms with Gasteiger partial charge >= 0.3 is 0 Å². The lowest BCUT2D eigenvalue weighted by Gasteiger charge is -2.35. The van der Waals surface area contributed by atoms with Crippen molar-refractivity contribution in [2.75, 3.05) is 30.5 Å². The second kappa shape index (κ2) is 9.77. The lowest BCUT2D eigenvalue weighted by atomic mass is 9.92. The van der Waals surface area contributed by atoms with Crippen LogP contribution in [0.1, 0.15) is 31.4 Å². The Morgan fingerprint density at radius 3 is 2.54 bits per heavy atom. The number of benzene rings is 2. The van der Waals surface area contributed by atoms with Crippen LogP contribution in [-0.2, 0) is 9.59 Å². The first-order chi connectivity index (χ1) is 16.9. The monoisotopic (exact) mass is 491 g/mol. The van der Waals surface area contributed by atoms with Crippen molar-refractivity contribution in [1.82, 2.24) is 4.90 Å². The van der Waals surface area contributed by atoms with Gasteiger partial charge in [-0.2, -0.15) is 0 Å². The van der Waals surface area contributed by atoms with Crippen LogP contribution in [0.15, 0.2) is 53.2 Å². The molecular formula is C27H29N3O4S. The number of anilines is 1. The van der Waals surface area contributed by atoms with Crippen LogP contribution in [0.2, 0.25) is 0 Å². The van der Waals surface area contributed by atoms with E-state index < -0.39 is 0 Å². The normalized spacial score (nSPS) is 22.7. The van der Waals surface area contributed by atoms with Gasteiger partial charge in [0.25, 0.3) is 5.91 Å². The first-order valence-corrected chi connectivity index (χ1v) is 12.9. The molecule has 0 spiro atoms. The van der Waals surface area contributed by atoms with Crippen molar-refractivity contribution < 1.29 is 19.1 Å². The molecular weight excluding hydrogens is 462 g/mol. The van der Waals surface area contributed by atoms with Crippen molar-refractivity contribution >= 4 is 40.5 Å². The van der Waals surface area contributed by atoms with Gasteiger partial charge in [0, 0.05) is 13.1 Å². The van der Waals surface area contributed by atoms with Gasteiger partial charge in [-0.25, -0.2) is 4.99 Å². The number of likely N-dealkylation sites (tertiary alicyclic amines) is 1. The minimum absolute atomic E-state index is 0.0839. The Kier molecular flexibility index (Phi) is 6.56. The quantitative estimate of drug-likeness (QED) is 0.580. The summed E-state index contributed by atoms with van der Waals surface area (Å²) in [5.74, 6) is 2.44. The van der Waals surface area contributed by atoms with E-state index in [2.05, 4.69) is 18.8 Å². The van der Waals surface area contributed by atoms with Crippen molar-refractivity contribution in [1.29, 1.82) is 0 Å². The van der Waals surface area contributed by atoms with E-state index in [9.17, 15) is 9.59 Å². The van der Waals surface area contributed by atoms with Crippen LogP contribution in [-0.4, -0.2) is 47.5 Å². The molecule has 3 aliphatic heterocycles. The minimum atomic E-state index is -0.221. The zero-order valence-corrected chi connectivity index (χ0v) is 21.0. The van der Waals surface area contributed by atoms with Crippen molar-refractivity contribution in [2.45, 2.75) is 27.2 Å². The summed E-state index contributed by atoms with van der Waals surface area (Å²) in [7, 11) is 0. The third-order valence-electron chi connectivity index (χ3n) is 6.37. The Morgan fingerprint density at radius 1 is 1.09 bits per heavy atom. The fourth-order valence-electron chi connectivity index (χ4n) is 4.76. The number of piperidine rings is 1. The third kappa shape index (κ3) is 5.07. The average molecular weight is 492 g/mol. The molecule has 0 N–H and O–H groups in total. The van der Waals surface area contributed by atoms with Crippen molar-refractivity contribution in [3.63, 3.8) is 0 Å². The van der Waals surface area contributed by atoms with Gasteiger partial charge in [0.15, 0.2) is 16.7 Å². The zero-order chi connectivity index (χ0) is 24.5. The van der Waals surface area contributed by atoms with Gasteiger partial charge in [-0.15, -0.1) is 0 Å². The first-order valence-electron chi connectivity index (χ1n) is 11.9. The maximum absolute atomic E-state index is 13.5. The highest BCUT2D eigenvalue weighted by Crippen LogP contribution is 2.35. The molecule has 0 radical (unpaired) electrons. The Balaban J connectivity index is 1.39. The van der Waals surface area contributed by atoms with Crippen molar-refractivity contribution in [3.05, 3.63) is 59.3 Å². The molecule has 2 amide bonds. The fourth-order valence-corrected chi connectivity index (χ4v) is 5.68. The predicted octanol–water partition coefficient (Wildman–Crippen LogP) is 4.71. The number of aliphatic imine (C=N–C) groups is 1. The number of thioether (sulfide) groups is 1. The fraction of sp³-hybridized carbons (Fsp3) is 0.370. The summed E-state index contributed by atoms with van der Waals surface area (Å²) in [4.78, 5) is 34.7. The zero-order valence-electron chi connectivity index (χ0n) is 20.2. The first kappa shape index (κ1) is 23.5. The summed E-state index contributed by atoms with van der Waals surface area (Å²) in [5, 5.41) is 0.511. The number of fused-ring (bicyclic) bond motifs is 1. The van der Waals surface area contributed by atoms with Crippen LogP contribution >= 0.6 is 11.8 Å². The molecule has 0 bridgehead atoms. The molecule has 7 nitrogen and oxygen atoms in total. The van der Waals surface area contributed by atoms with Gasteiger partial charge in [-0.3, -0.25) is 14.5 Å². The average Bonchev–Trinajstić information content (AvgIpc) is 3.41. The van der Waals surface area contributed by atoms with E-state index in [0.717, 1.165) is 36.3 Å². The van der Waals surface area contributed by atoms with Gasteiger partial charge < -0.3 is 14.4 Å². The third-order valence-corrected chi connectivity index (χ3v) is 7.29. The van der Waals surface area contributed by atoms with Gasteiger partial charge in [0.2, 0.25) is 12.7 Å². The van der Waals surface area contributed by atoms with Crippen LogP contribution in [0.3, 0.4) is 0 Å². The van der Waals surface area contributed by atoms with E-state index in [1.165, 1.54) is 11.8 Å². The number of aryl methyl sites for hydroxylation is 1. The van der Waals surface area contributed by atoms with Gasteiger partial charge in [0.1, 0.15) is 5.70 Å². The van der Waals surface area contributed by atoms with E-state index in [-0.39, 0.29) is 24.4 Å².